The minimum atomic E-state index is -4.42. The molecule has 0 bridgehead atoms. The number of nitrogens with zero attached hydrogens (tertiary/aromatic N) is 3. The molecule has 0 spiro atoms. The summed E-state index contributed by atoms with van der Waals surface area (Å²) in [6, 6.07) is 0.851. The highest BCUT2D eigenvalue weighted by atomic mass is 19.4. The summed E-state index contributed by atoms with van der Waals surface area (Å²) in [6.07, 6.45) is -3.49. The van der Waals surface area contributed by atoms with E-state index >= 15 is 0 Å². The Morgan fingerprint density at radius 1 is 1.33 bits per heavy atom. The first-order chi connectivity index (χ1) is 6.89. The standard InChI is InChI=1S/C8H7F3N4/c1-4-13-14-7-6(12)2-5(3-15(4)7)8(9,10)11/h2-3H,12H2,1H3. The van der Waals surface area contributed by atoms with E-state index in [2.05, 4.69) is 10.2 Å². The maximum Gasteiger partial charge on any atom is 0.417 e. The quantitative estimate of drug-likeness (QED) is 0.728. The molecular formula is C8H7F3N4. The van der Waals surface area contributed by atoms with Crippen molar-refractivity contribution in [2.75, 3.05) is 5.73 Å². The lowest BCUT2D eigenvalue weighted by molar-refractivity contribution is -0.137. The van der Waals surface area contributed by atoms with Crippen molar-refractivity contribution in [3.63, 3.8) is 0 Å². The van der Waals surface area contributed by atoms with Crippen LogP contribution >= 0.6 is 0 Å². The molecule has 15 heavy (non-hydrogen) atoms. The van der Waals surface area contributed by atoms with Gasteiger partial charge in [0, 0.05) is 6.20 Å². The fourth-order valence-electron chi connectivity index (χ4n) is 1.28. The zero-order valence-corrected chi connectivity index (χ0v) is 7.71. The van der Waals surface area contributed by atoms with E-state index in [9.17, 15) is 13.2 Å². The largest absolute Gasteiger partial charge is 0.417 e. The zero-order valence-electron chi connectivity index (χ0n) is 7.71. The monoisotopic (exact) mass is 216 g/mol. The van der Waals surface area contributed by atoms with Gasteiger partial charge in [-0.3, -0.25) is 4.40 Å². The Morgan fingerprint density at radius 2 is 2.00 bits per heavy atom. The molecule has 0 fully saturated rings. The molecule has 0 atom stereocenters. The number of rotatable bonds is 0. The van der Waals surface area contributed by atoms with Crippen LogP contribution in [0.25, 0.3) is 5.65 Å². The van der Waals surface area contributed by atoms with Crippen molar-refractivity contribution < 1.29 is 13.2 Å². The van der Waals surface area contributed by atoms with E-state index in [1.807, 2.05) is 0 Å². The van der Waals surface area contributed by atoms with Gasteiger partial charge in [-0.25, -0.2) is 0 Å². The zero-order chi connectivity index (χ0) is 11.2. The van der Waals surface area contributed by atoms with Gasteiger partial charge in [0.15, 0.2) is 5.65 Å². The number of aromatic nitrogens is 3. The molecule has 0 aliphatic rings. The normalized spacial score (nSPS) is 12.3. The molecule has 2 N–H and O–H groups in total. The highest BCUT2D eigenvalue weighted by Crippen LogP contribution is 2.31. The number of anilines is 1. The Bertz CT molecular complexity index is 514. The molecule has 2 rings (SSSR count). The summed E-state index contributed by atoms with van der Waals surface area (Å²) in [6.45, 7) is 1.56. The molecule has 4 nitrogen and oxygen atoms in total. The number of nitrogens with two attached hydrogens (primary N) is 1. The smallest absolute Gasteiger partial charge is 0.396 e. The van der Waals surface area contributed by atoms with Crippen LogP contribution in [0.4, 0.5) is 18.9 Å². The summed E-state index contributed by atoms with van der Waals surface area (Å²) in [5.41, 5.74) is 4.83. The lowest BCUT2D eigenvalue weighted by atomic mass is 10.2. The average Bonchev–Trinajstić information content (AvgIpc) is 2.47. The van der Waals surface area contributed by atoms with Crippen LogP contribution in [-0.4, -0.2) is 14.6 Å². The van der Waals surface area contributed by atoms with Crippen LogP contribution in [0.15, 0.2) is 12.3 Å². The Labute approximate surface area is 82.5 Å². The van der Waals surface area contributed by atoms with Crippen LogP contribution in [0.3, 0.4) is 0 Å². The second kappa shape index (κ2) is 2.85. The Kier molecular flexibility index (Phi) is 1.85. The van der Waals surface area contributed by atoms with E-state index in [1.165, 1.54) is 4.40 Å². The predicted molar refractivity (Wildman–Crippen MR) is 47.1 cm³/mol. The summed E-state index contributed by atoms with van der Waals surface area (Å²) in [5, 5.41) is 7.31. The van der Waals surface area contributed by atoms with Gasteiger partial charge in [-0.15, -0.1) is 10.2 Å². The molecule has 2 aromatic heterocycles. The number of hydrogen-bond acceptors (Lipinski definition) is 3. The van der Waals surface area contributed by atoms with Gasteiger partial charge in [-0.1, -0.05) is 0 Å². The average molecular weight is 216 g/mol. The number of nitrogen functional groups attached to an aromatic ring is 1. The van der Waals surface area contributed by atoms with Gasteiger partial charge in [0.1, 0.15) is 5.82 Å². The molecular weight excluding hydrogens is 209 g/mol. The summed E-state index contributed by atoms with van der Waals surface area (Å²) >= 11 is 0. The van der Waals surface area contributed by atoms with Gasteiger partial charge in [0.25, 0.3) is 0 Å². The van der Waals surface area contributed by atoms with Crippen LogP contribution < -0.4 is 5.73 Å². The van der Waals surface area contributed by atoms with Crippen molar-refractivity contribution in [3.05, 3.63) is 23.7 Å². The third-order valence-electron chi connectivity index (χ3n) is 2.03. The van der Waals surface area contributed by atoms with E-state index < -0.39 is 11.7 Å². The molecule has 0 radical (unpaired) electrons. The minimum absolute atomic E-state index is 0.0366. The second-order valence-electron chi connectivity index (χ2n) is 3.12. The van der Waals surface area contributed by atoms with Gasteiger partial charge in [-0.2, -0.15) is 13.2 Å². The number of halogens is 3. The van der Waals surface area contributed by atoms with Gasteiger partial charge in [0.05, 0.1) is 11.3 Å². The molecule has 0 saturated heterocycles. The van der Waals surface area contributed by atoms with Crippen molar-refractivity contribution >= 4 is 11.3 Å². The maximum atomic E-state index is 12.4. The highest BCUT2D eigenvalue weighted by molar-refractivity contribution is 5.65. The molecule has 0 saturated carbocycles. The number of pyridine rings is 1. The molecule has 2 aromatic rings. The molecule has 0 aliphatic heterocycles. The van der Waals surface area contributed by atoms with Crippen molar-refractivity contribution in [3.8, 4) is 0 Å². The topological polar surface area (TPSA) is 56.2 Å². The number of fused-ring (bicyclic) bond motifs is 1. The van der Waals surface area contributed by atoms with Crippen molar-refractivity contribution in [1.29, 1.82) is 0 Å². The number of aryl methyl sites for hydroxylation is 1. The second-order valence-corrected chi connectivity index (χ2v) is 3.12. The van der Waals surface area contributed by atoms with E-state index in [-0.39, 0.29) is 11.3 Å². The fraction of sp³-hybridized carbons (Fsp3) is 0.250. The Hall–Kier alpha value is -1.79. The van der Waals surface area contributed by atoms with E-state index in [0.29, 0.717) is 5.82 Å². The van der Waals surface area contributed by atoms with Crippen LogP contribution in [0.5, 0.6) is 0 Å². The Morgan fingerprint density at radius 3 is 2.60 bits per heavy atom. The fourth-order valence-corrected chi connectivity index (χ4v) is 1.28. The van der Waals surface area contributed by atoms with Gasteiger partial charge < -0.3 is 5.73 Å². The SMILES string of the molecule is Cc1nnc2c(N)cc(C(F)(F)F)cn12. The van der Waals surface area contributed by atoms with E-state index in [0.717, 1.165) is 12.3 Å². The molecule has 0 aromatic carbocycles. The third-order valence-corrected chi connectivity index (χ3v) is 2.03. The maximum absolute atomic E-state index is 12.4. The molecule has 80 valence electrons. The van der Waals surface area contributed by atoms with Crippen LogP contribution in [0, 0.1) is 6.92 Å². The molecule has 2 heterocycles. The summed E-state index contributed by atoms with van der Waals surface area (Å²) in [7, 11) is 0. The highest BCUT2D eigenvalue weighted by Gasteiger charge is 2.31. The first-order valence-electron chi connectivity index (χ1n) is 4.07. The lowest BCUT2D eigenvalue weighted by Gasteiger charge is -2.08. The lowest BCUT2D eigenvalue weighted by Crippen LogP contribution is -2.08. The molecule has 0 unspecified atom stereocenters. The molecule has 0 amide bonds. The van der Waals surface area contributed by atoms with Crippen molar-refractivity contribution in [2.24, 2.45) is 0 Å². The first-order valence-corrected chi connectivity index (χ1v) is 4.07. The summed E-state index contributed by atoms with van der Waals surface area (Å²) in [4.78, 5) is 0. The number of hydrogen-bond donors (Lipinski definition) is 1. The predicted octanol–water partition coefficient (Wildman–Crippen LogP) is 1.64. The van der Waals surface area contributed by atoms with Crippen LogP contribution in [0.2, 0.25) is 0 Å². The summed E-state index contributed by atoms with van der Waals surface area (Å²) < 4.78 is 38.5. The van der Waals surface area contributed by atoms with E-state index in [1.54, 1.807) is 6.92 Å². The van der Waals surface area contributed by atoms with Crippen molar-refractivity contribution in [2.45, 2.75) is 13.1 Å². The Balaban J connectivity index is 2.76. The molecule has 0 aliphatic carbocycles. The summed E-state index contributed by atoms with van der Waals surface area (Å²) in [5.74, 6) is 0.364. The minimum Gasteiger partial charge on any atom is -0.396 e. The van der Waals surface area contributed by atoms with E-state index in [4.69, 9.17) is 5.73 Å². The van der Waals surface area contributed by atoms with Crippen LogP contribution in [-0.2, 0) is 6.18 Å². The van der Waals surface area contributed by atoms with Gasteiger partial charge in [-0.05, 0) is 13.0 Å². The molecule has 7 heteroatoms. The third kappa shape index (κ3) is 1.49. The number of alkyl halides is 3. The van der Waals surface area contributed by atoms with Gasteiger partial charge >= 0.3 is 6.18 Å². The van der Waals surface area contributed by atoms with Crippen molar-refractivity contribution in [1.82, 2.24) is 14.6 Å². The van der Waals surface area contributed by atoms with Crippen LogP contribution in [0.1, 0.15) is 11.4 Å². The first kappa shape index (κ1) is 9.75. The van der Waals surface area contributed by atoms with Gasteiger partial charge in [0.2, 0.25) is 0 Å².